The van der Waals surface area contributed by atoms with Crippen LogP contribution in [0.2, 0.25) is 15.1 Å². The van der Waals surface area contributed by atoms with Gasteiger partial charge in [0.15, 0.2) is 0 Å². The number of carbonyl (C=O) groups is 2. The summed E-state index contributed by atoms with van der Waals surface area (Å²) in [5, 5.41) is 9.69. The van der Waals surface area contributed by atoms with E-state index in [2.05, 4.69) is 16.0 Å². The molecule has 1 aromatic heterocycles. The Morgan fingerprint density at radius 2 is 1.49 bits per heavy atom. The van der Waals surface area contributed by atoms with Crippen LogP contribution < -0.4 is 16.0 Å². The molecule has 3 aromatic carbocycles. The summed E-state index contributed by atoms with van der Waals surface area (Å²) in [4.78, 5) is 29.7. The standard InChI is InChI=1S/C30H26Cl3FN4O3/c1-41-17-28(39)35-16-27-20(15-37-30(40)36-14-19-4-2-3-5-26(19)34)12-24(23-11-10-22(32)13-25(23)33)29(38-27)18-6-8-21(31)9-7-18/h2-13H,14-17H2,1H3,(H,35,39)(H2,36,37,40). The van der Waals surface area contributed by atoms with Crippen molar-refractivity contribution in [3.63, 3.8) is 0 Å². The number of amides is 3. The maximum absolute atomic E-state index is 14.0. The minimum absolute atomic E-state index is 0.0117. The highest BCUT2D eigenvalue weighted by Crippen LogP contribution is 2.37. The van der Waals surface area contributed by atoms with Crippen LogP contribution in [0.4, 0.5) is 9.18 Å². The van der Waals surface area contributed by atoms with Crippen molar-refractivity contribution >= 4 is 46.7 Å². The second kappa shape index (κ2) is 14.3. The van der Waals surface area contributed by atoms with Crippen molar-refractivity contribution in [2.75, 3.05) is 13.7 Å². The van der Waals surface area contributed by atoms with Crippen LogP contribution >= 0.6 is 34.8 Å². The monoisotopic (exact) mass is 614 g/mol. The molecule has 0 aliphatic rings. The fourth-order valence-corrected chi connectivity index (χ4v) is 4.70. The van der Waals surface area contributed by atoms with Crippen molar-refractivity contribution in [3.05, 3.63) is 111 Å². The molecule has 0 unspecified atom stereocenters. The third-order valence-corrected chi connectivity index (χ3v) is 6.89. The number of pyridine rings is 1. The van der Waals surface area contributed by atoms with Gasteiger partial charge in [0, 0.05) is 57.5 Å². The largest absolute Gasteiger partial charge is 0.375 e. The Hall–Kier alpha value is -3.69. The van der Waals surface area contributed by atoms with Crippen molar-refractivity contribution in [1.82, 2.24) is 20.9 Å². The van der Waals surface area contributed by atoms with E-state index in [0.717, 1.165) is 5.56 Å². The molecule has 0 bridgehead atoms. The maximum atomic E-state index is 14.0. The van der Waals surface area contributed by atoms with Gasteiger partial charge in [-0.05, 0) is 42.0 Å². The van der Waals surface area contributed by atoms with Gasteiger partial charge in [0.1, 0.15) is 12.4 Å². The fourth-order valence-electron chi connectivity index (χ4n) is 4.06. The fraction of sp³-hybridized carbons (Fsp3) is 0.167. The van der Waals surface area contributed by atoms with Crippen LogP contribution in [0.1, 0.15) is 16.8 Å². The third-order valence-electron chi connectivity index (χ3n) is 6.10. The van der Waals surface area contributed by atoms with E-state index in [0.29, 0.717) is 48.7 Å². The molecular weight excluding hydrogens is 590 g/mol. The Kier molecular flexibility index (Phi) is 10.5. The zero-order valence-corrected chi connectivity index (χ0v) is 24.2. The molecule has 0 aliphatic heterocycles. The van der Waals surface area contributed by atoms with Gasteiger partial charge < -0.3 is 20.7 Å². The van der Waals surface area contributed by atoms with E-state index in [1.165, 1.54) is 13.2 Å². The number of methoxy groups -OCH3 is 1. The molecule has 0 saturated heterocycles. The van der Waals surface area contributed by atoms with Gasteiger partial charge in [0.25, 0.3) is 0 Å². The molecular formula is C30H26Cl3FN4O3. The molecule has 3 amide bonds. The molecule has 41 heavy (non-hydrogen) atoms. The quantitative estimate of drug-likeness (QED) is 0.183. The number of rotatable bonds is 10. The maximum Gasteiger partial charge on any atom is 0.315 e. The summed E-state index contributed by atoms with van der Waals surface area (Å²) in [7, 11) is 1.43. The van der Waals surface area contributed by atoms with Crippen LogP contribution in [0.15, 0.2) is 72.8 Å². The second-order valence-electron chi connectivity index (χ2n) is 8.96. The lowest BCUT2D eigenvalue weighted by molar-refractivity contribution is -0.124. The van der Waals surface area contributed by atoms with E-state index >= 15 is 0 Å². The number of benzene rings is 3. The first kappa shape index (κ1) is 30.3. The highest BCUT2D eigenvalue weighted by atomic mass is 35.5. The first-order chi connectivity index (χ1) is 19.7. The van der Waals surface area contributed by atoms with Gasteiger partial charge in [0.2, 0.25) is 5.91 Å². The zero-order valence-electron chi connectivity index (χ0n) is 21.9. The molecule has 0 saturated carbocycles. The third kappa shape index (κ3) is 8.17. The Morgan fingerprint density at radius 3 is 2.17 bits per heavy atom. The average molecular weight is 616 g/mol. The van der Waals surface area contributed by atoms with Crippen molar-refractivity contribution in [3.8, 4) is 22.4 Å². The van der Waals surface area contributed by atoms with Crippen LogP contribution in [0, 0.1) is 5.82 Å². The molecule has 0 atom stereocenters. The van der Waals surface area contributed by atoms with Crippen LogP contribution in [0.25, 0.3) is 22.4 Å². The van der Waals surface area contributed by atoms with Gasteiger partial charge in [-0.25, -0.2) is 14.2 Å². The molecule has 0 aliphatic carbocycles. The van der Waals surface area contributed by atoms with Gasteiger partial charge >= 0.3 is 6.03 Å². The summed E-state index contributed by atoms with van der Waals surface area (Å²) in [6, 6.07) is 19.9. The van der Waals surface area contributed by atoms with Gasteiger partial charge in [-0.15, -0.1) is 0 Å². The number of hydrogen-bond acceptors (Lipinski definition) is 4. The first-order valence-corrected chi connectivity index (χ1v) is 13.6. The lowest BCUT2D eigenvalue weighted by atomic mass is 9.96. The number of hydrogen-bond donors (Lipinski definition) is 3. The molecule has 7 nitrogen and oxygen atoms in total. The number of nitrogens with one attached hydrogen (secondary N) is 3. The van der Waals surface area contributed by atoms with E-state index in [9.17, 15) is 14.0 Å². The van der Waals surface area contributed by atoms with Crippen LogP contribution in [0.3, 0.4) is 0 Å². The summed E-state index contributed by atoms with van der Waals surface area (Å²) in [5.74, 6) is -0.734. The van der Waals surface area contributed by atoms with Crippen molar-refractivity contribution in [2.24, 2.45) is 0 Å². The minimum Gasteiger partial charge on any atom is -0.375 e. The minimum atomic E-state index is -0.504. The molecule has 0 fully saturated rings. The number of urea groups is 1. The molecule has 1 heterocycles. The smallest absolute Gasteiger partial charge is 0.315 e. The summed E-state index contributed by atoms with van der Waals surface area (Å²) in [6.45, 7) is 0.0301. The molecule has 4 rings (SSSR count). The predicted octanol–water partition coefficient (Wildman–Crippen LogP) is 6.78. The van der Waals surface area contributed by atoms with E-state index in [-0.39, 0.29) is 32.1 Å². The molecule has 0 spiro atoms. The van der Waals surface area contributed by atoms with Gasteiger partial charge in [-0.1, -0.05) is 71.2 Å². The lowest BCUT2D eigenvalue weighted by Gasteiger charge is -2.18. The molecule has 11 heteroatoms. The summed E-state index contributed by atoms with van der Waals surface area (Å²) < 4.78 is 18.9. The van der Waals surface area contributed by atoms with Gasteiger partial charge in [-0.2, -0.15) is 0 Å². The highest BCUT2D eigenvalue weighted by Gasteiger charge is 2.18. The van der Waals surface area contributed by atoms with Crippen molar-refractivity contribution in [2.45, 2.75) is 19.6 Å². The normalized spacial score (nSPS) is 10.8. The van der Waals surface area contributed by atoms with E-state index < -0.39 is 11.8 Å². The number of nitrogens with zero attached hydrogens (tertiary/aromatic N) is 1. The number of ether oxygens (including phenoxy) is 1. The van der Waals surface area contributed by atoms with Crippen LogP contribution in [-0.4, -0.2) is 30.6 Å². The highest BCUT2D eigenvalue weighted by molar-refractivity contribution is 6.36. The number of carbonyl (C=O) groups excluding carboxylic acids is 2. The van der Waals surface area contributed by atoms with Crippen LogP contribution in [-0.2, 0) is 29.2 Å². The van der Waals surface area contributed by atoms with E-state index in [1.54, 1.807) is 48.5 Å². The number of halogens is 4. The Morgan fingerprint density at radius 1 is 0.805 bits per heavy atom. The summed E-state index contributed by atoms with van der Waals surface area (Å²) in [6.07, 6.45) is 0. The Labute approximate surface area is 252 Å². The number of aromatic nitrogens is 1. The predicted molar refractivity (Wildman–Crippen MR) is 159 cm³/mol. The van der Waals surface area contributed by atoms with Gasteiger partial charge in [0.05, 0.1) is 17.9 Å². The summed E-state index contributed by atoms with van der Waals surface area (Å²) >= 11 is 18.9. The Bertz CT molecular complexity index is 1550. The van der Waals surface area contributed by atoms with Gasteiger partial charge in [-0.3, -0.25) is 4.79 Å². The topological polar surface area (TPSA) is 92.3 Å². The zero-order chi connectivity index (χ0) is 29.4. The molecule has 4 aromatic rings. The first-order valence-electron chi connectivity index (χ1n) is 12.5. The average Bonchev–Trinajstić information content (AvgIpc) is 2.95. The Balaban J connectivity index is 1.70. The molecule has 212 valence electrons. The second-order valence-corrected chi connectivity index (χ2v) is 10.2. The van der Waals surface area contributed by atoms with E-state index in [1.807, 2.05) is 18.2 Å². The lowest BCUT2D eigenvalue weighted by Crippen LogP contribution is -2.35. The van der Waals surface area contributed by atoms with Crippen molar-refractivity contribution in [1.29, 1.82) is 0 Å². The van der Waals surface area contributed by atoms with E-state index in [4.69, 9.17) is 44.5 Å². The molecule has 0 radical (unpaired) electrons. The molecule has 3 N–H and O–H groups in total. The van der Waals surface area contributed by atoms with Crippen LogP contribution in [0.5, 0.6) is 0 Å². The van der Waals surface area contributed by atoms with Crippen molar-refractivity contribution < 1.29 is 18.7 Å². The summed E-state index contributed by atoms with van der Waals surface area (Å²) in [5.41, 5.74) is 4.22. The SMILES string of the molecule is COCC(=O)NCc1nc(-c2ccc(Cl)cc2)c(-c2ccc(Cl)cc2Cl)cc1CNC(=O)NCc1ccccc1F.